The van der Waals surface area contributed by atoms with Gasteiger partial charge in [0.15, 0.2) is 0 Å². The summed E-state index contributed by atoms with van der Waals surface area (Å²) in [5.74, 6) is 0.970. The van der Waals surface area contributed by atoms with Gasteiger partial charge >= 0.3 is 0 Å². The zero-order valence-corrected chi connectivity index (χ0v) is 12.9. The van der Waals surface area contributed by atoms with Crippen LogP contribution in [0.4, 0.5) is 0 Å². The predicted octanol–water partition coefficient (Wildman–Crippen LogP) is 0.466. The van der Waals surface area contributed by atoms with Crippen molar-refractivity contribution < 1.29 is 12.8 Å². The van der Waals surface area contributed by atoms with Crippen molar-refractivity contribution >= 4 is 10.0 Å². The number of hydrogen-bond acceptors (Lipinski definition) is 5. The second-order valence-electron chi connectivity index (χ2n) is 5.09. The summed E-state index contributed by atoms with van der Waals surface area (Å²) < 4.78 is 30.0. The Balaban J connectivity index is 1.88. The van der Waals surface area contributed by atoms with Crippen LogP contribution in [0.15, 0.2) is 16.7 Å². The van der Waals surface area contributed by atoms with Crippen LogP contribution in [0.2, 0.25) is 0 Å². The molecule has 0 bridgehead atoms. The summed E-state index contributed by atoms with van der Waals surface area (Å²) in [6.07, 6.45) is 2.99. The molecule has 0 aliphatic carbocycles. The van der Waals surface area contributed by atoms with Gasteiger partial charge in [0.25, 0.3) is 0 Å². The second-order valence-corrected chi connectivity index (χ2v) is 7.07. The summed E-state index contributed by atoms with van der Waals surface area (Å²) in [5, 5.41) is 3.26. The fraction of sp³-hybridized carbons (Fsp3) is 0.692. The normalized spacial score (nSPS) is 18.5. The van der Waals surface area contributed by atoms with Crippen molar-refractivity contribution in [1.29, 1.82) is 0 Å². The fourth-order valence-corrected chi connectivity index (χ4v) is 3.19. The molecule has 1 saturated heterocycles. The van der Waals surface area contributed by atoms with E-state index in [1.165, 1.54) is 11.8 Å². The van der Waals surface area contributed by atoms with Crippen LogP contribution in [0.25, 0.3) is 0 Å². The molecule has 0 unspecified atom stereocenters. The SMILES string of the molecule is CCNCc1occc1CN1CCN(S(C)(=O)=O)CC1. The Kier molecular flexibility index (Phi) is 5.20. The Morgan fingerprint density at radius 1 is 1.30 bits per heavy atom. The van der Waals surface area contributed by atoms with E-state index in [0.29, 0.717) is 13.1 Å². The van der Waals surface area contributed by atoms with Gasteiger partial charge in [0.05, 0.1) is 19.1 Å². The summed E-state index contributed by atoms with van der Waals surface area (Å²) in [7, 11) is -3.05. The van der Waals surface area contributed by atoms with E-state index < -0.39 is 10.0 Å². The van der Waals surface area contributed by atoms with Crippen LogP contribution >= 0.6 is 0 Å². The zero-order chi connectivity index (χ0) is 14.6. The molecule has 0 atom stereocenters. The van der Waals surface area contributed by atoms with Crippen LogP contribution < -0.4 is 5.32 Å². The third kappa shape index (κ3) is 4.05. The van der Waals surface area contributed by atoms with Crippen LogP contribution in [-0.2, 0) is 23.1 Å². The molecule has 1 aliphatic heterocycles. The number of rotatable bonds is 6. The highest BCUT2D eigenvalue weighted by atomic mass is 32.2. The Morgan fingerprint density at radius 2 is 2.00 bits per heavy atom. The lowest BCUT2D eigenvalue weighted by atomic mass is 10.2. The van der Waals surface area contributed by atoms with E-state index in [1.54, 1.807) is 10.6 Å². The molecule has 114 valence electrons. The molecule has 1 aliphatic rings. The van der Waals surface area contributed by atoms with E-state index in [-0.39, 0.29) is 0 Å². The first kappa shape index (κ1) is 15.5. The van der Waals surface area contributed by atoms with E-state index in [2.05, 4.69) is 17.1 Å². The second kappa shape index (κ2) is 6.71. The minimum absolute atomic E-state index is 0.569. The lowest BCUT2D eigenvalue weighted by Crippen LogP contribution is -2.47. The first-order valence-electron chi connectivity index (χ1n) is 6.94. The van der Waals surface area contributed by atoms with E-state index in [9.17, 15) is 8.42 Å². The first-order valence-corrected chi connectivity index (χ1v) is 8.79. The van der Waals surface area contributed by atoms with Gasteiger partial charge in [-0.25, -0.2) is 8.42 Å². The molecule has 0 aromatic carbocycles. The molecule has 2 heterocycles. The van der Waals surface area contributed by atoms with Crippen LogP contribution in [0.1, 0.15) is 18.2 Å². The molecule has 0 radical (unpaired) electrons. The van der Waals surface area contributed by atoms with E-state index in [1.807, 2.05) is 6.07 Å². The van der Waals surface area contributed by atoms with Crippen molar-refractivity contribution in [3.8, 4) is 0 Å². The van der Waals surface area contributed by atoms with Gasteiger partial charge in [0, 0.05) is 38.3 Å². The number of furan rings is 1. The molecule has 0 amide bonds. The van der Waals surface area contributed by atoms with Crippen LogP contribution in [0.3, 0.4) is 0 Å². The van der Waals surface area contributed by atoms with Crippen molar-refractivity contribution in [3.05, 3.63) is 23.7 Å². The summed E-state index contributed by atoms with van der Waals surface area (Å²) in [6.45, 7) is 7.19. The molecule has 6 nitrogen and oxygen atoms in total. The quantitative estimate of drug-likeness (QED) is 0.827. The standard InChI is InChI=1S/C13H23N3O3S/c1-3-14-10-13-12(4-9-19-13)11-15-5-7-16(8-6-15)20(2,17)18/h4,9,14H,3,5-8,10-11H2,1-2H3. The third-order valence-corrected chi connectivity index (χ3v) is 4.87. The van der Waals surface area contributed by atoms with Gasteiger partial charge in [-0.15, -0.1) is 0 Å². The summed E-state index contributed by atoms with van der Waals surface area (Å²) in [6, 6.07) is 2.00. The maximum absolute atomic E-state index is 11.5. The van der Waals surface area contributed by atoms with Gasteiger partial charge < -0.3 is 9.73 Å². The average Bonchev–Trinajstić information content (AvgIpc) is 2.83. The molecule has 1 fully saturated rings. The maximum Gasteiger partial charge on any atom is 0.211 e. The van der Waals surface area contributed by atoms with Gasteiger partial charge in [-0.2, -0.15) is 4.31 Å². The Morgan fingerprint density at radius 3 is 2.60 bits per heavy atom. The molecule has 1 N–H and O–H groups in total. The summed E-state index contributed by atoms with van der Waals surface area (Å²) in [4.78, 5) is 2.27. The molecule has 7 heteroatoms. The summed E-state index contributed by atoms with van der Waals surface area (Å²) >= 11 is 0. The molecule has 2 rings (SSSR count). The van der Waals surface area contributed by atoms with Gasteiger partial charge in [0.1, 0.15) is 5.76 Å². The number of hydrogen-bond donors (Lipinski definition) is 1. The third-order valence-electron chi connectivity index (χ3n) is 3.57. The van der Waals surface area contributed by atoms with E-state index in [4.69, 9.17) is 4.42 Å². The smallest absolute Gasteiger partial charge is 0.211 e. The topological polar surface area (TPSA) is 65.8 Å². The average molecular weight is 301 g/mol. The largest absolute Gasteiger partial charge is 0.468 e. The Bertz CT molecular complexity index is 519. The van der Waals surface area contributed by atoms with Crippen LogP contribution in [0.5, 0.6) is 0 Å². The first-order chi connectivity index (χ1) is 9.50. The summed E-state index contributed by atoms with van der Waals surface area (Å²) in [5.41, 5.74) is 1.18. The van der Waals surface area contributed by atoms with E-state index >= 15 is 0 Å². The molecule has 20 heavy (non-hydrogen) atoms. The molecule has 1 aromatic rings. The molecule has 0 saturated carbocycles. The van der Waals surface area contributed by atoms with Crippen LogP contribution in [-0.4, -0.2) is 56.6 Å². The van der Waals surface area contributed by atoms with Gasteiger partial charge in [-0.1, -0.05) is 6.92 Å². The Labute approximate surface area is 120 Å². The molecular formula is C13H23N3O3S. The lowest BCUT2D eigenvalue weighted by Gasteiger charge is -2.33. The highest BCUT2D eigenvalue weighted by molar-refractivity contribution is 7.88. The minimum atomic E-state index is -3.05. The maximum atomic E-state index is 11.5. The predicted molar refractivity (Wildman–Crippen MR) is 77.8 cm³/mol. The lowest BCUT2D eigenvalue weighted by molar-refractivity contribution is 0.181. The van der Waals surface area contributed by atoms with Crippen molar-refractivity contribution in [3.63, 3.8) is 0 Å². The van der Waals surface area contributed by atoms with Gasteiger partial charge in [0.2, 0.25) is 10.0 Å². The van der Waals surface area contributed by atoms with Gasteiger partial charge in [-0.05, 0) is 12.6 Å². The van der Waals surface area contributed by atoms with Crippen molar-refractivity contribution in [2.24, 2.45) is 0 Å². The monoisotopic (exact) mass is 301 g/mol. The van der Waals surface area contributed by atoms with Crippen LogP contribution in [0, 0.1) is 0 Å². The number of piperazine rings is 1. The number of nitrogens with zero attached hydrogens (tertiary/aromatic N) is 2. The minimum Gasteiger partial charge on any atom is -0.468 e. The highest BCUT2D eigenvalue weighted by Crippen LogP contribution is 2.15. The van der Waals surface area contributed by atoms with Crippen molar-refractivity contribution in [2.75, 3.05) is 39.0 Å². The molecule has 1 aromatic heterocycles. The molecular weight excluding hydrogens is 278 g/mol. The number of sulfonamides is 1. The molecule has 0 spiro atoms. The number of nitrogens with one attached hydrogen (secondary N) is 1. The highest BCUT2D eigenvalue weighted by Gasteiger charge is 2.23. The van der Waals surface area contributed by atoms with Crippen molar-refractivity contribution in [1.82, 2.24) is 14.5 Å². The zero-order valence-electron chi connectivity index (χ0n) is 12.1. The van der Waals surface area contributed by atoms with Crippen molar-refractivity contribution in [2.45, 2.75) is 20.0 Å². The fourth-order valence-electron chi connectivity index (χ4n) is 2.36. The Hall–Kier alpha value is -0.890. The van der Waals surface area contributed by atoms with Gasteiger partial charge in [-0.3, -0.25) is 4.90 Å². The van der Waals surface area contributed by atoms with E-state index in [0.717, 1.165) is 38.5 Å².